The minimum atomic E-state index is 0. The molecule has 3 aromatic carbocycles. The standard InChI is InChI=1S/C26H21N2O.C12H10N.Ir/c1-15-11-13-22(27-18(15)4)21-10-6-9-19-20-12-14-23(28-26(20)29-25(19)21)24-16(2)7-5-8-17(24)3;1-10-7-8-12(13-9-10)11-5-3-2-4-6-11;/h5-9,11-14H,1-4H3;2-5,7-9H,1H3;/q2*-1;. The van der Waals surface area contributed by atoms with E-state index in [-0.39, 0.29) is 20.1 Å². The molecule has 0 spiro atoms. The summed E-state index contributed by atoms with van der Waals surface area (Å²) in [6.45, 7) is 10.4. The van der Waals surface area contributed by atoms with Gasteiger partial charge >= 0.3 is 0 Å². The zero-order valence-corrected chi connectivity index (χ0v) is 27.2. The molecule has 0 unspecified atom stereocenters. The van der Waals surface area contributed by atoms with Gasteiger partial charge in [0.25, 0.3) is 0 Å². The molecule has 1 radical (unpaired) electrons. The van der Waals surface area contributed by atoms with E-state index in [2.05, 4.69) is 80.4 Å². The second-order valence-corrected chi connectivity index (χ2v) is 10.6. The van der Waals surface area contributed by atoms with Gasteiger partial charge in [0, 0.05) is 42.9 Å². The summed E-state index contributed by atoms with van der Waals surface area (Å²) >= 11 is 0. The van der Waals surface area contributed by atoms with Crippen LogP contribution in [0.1, 0.15) is 27.9 Å². The van der Waals surface area contributed by atoms with Crippen molar-refractivity contribution in [1.29, 1.82) is 0 Å². The molecule has 7 aromatic rings. The minimum absolute atomic E-state index is 0. The van der Waals surface area contributed by atoms with Crippen molar-refractivity contribution >= 4 is 22.1 Å². The molecule has 0 N–H and O–H groups in total. The van der Waals surface area contributed by atoms with E-state index in [0.29, 0.717) is 5.71 Å². The third-order valence-electron chi connectivity index (χ3n) is 7.54. The smallest absolute Gasteiger partial charge is 0.216 e. The normalized spacial score (nSPS) is 10.7. The maximum absolute atomic E-state index is 6.27. The first-order chi connectivity index (χ1) is 20.4. The molecule has 4 aromatic heterocycles. The van der Waals surface area contributed by atoms with E-state index < -0.39 is 0 Å². The van der Waals surface area contributed by atoms with E-state index in [9.17, 15) is 0 Å². The summed E-state index contributed by atoms with van der Waals surface area (Å²) in [6, 6.07) is 37.0. The molecule has 0 aliphatic carbocycles. The van der Waals surface area contributed by atoms with Crippen molar-refractivity contribution in [2.45, 2.75) is 34.6 Å². The second kappa shape index (κ2) is 12.8. The van der Waals surface area contributed by atoms with E-state index in [4.69, 9.17) is 14.4 Å². The predicted molar refractivity (Wildman–Crippen MR) is 171 cm³/mol. The average Bonchev–Trinajstić information content (AvgIpc) is 3.38. The van der Waals surface area contributed by atoms with Gasteiger partial charge in [0.2, 0.25) is 5.71 Å². The zero-order valence-electron chi connectivity index (χ0n) is 24.8. The van der Waals surface area contributed by atoms with Gasteiger partial charge in [0.15, 0.2) is 0 Å². The van der Waals surface area contributed by atoms with E-state index in [1.54, 1.807) is 0 Å². The monoisotopic (exact) mass is 738 g/mol. The fourth-order valence-corrected chi connectivity index (χ4v) is 5.12. The fourth-order valence-electron chi connectivity index (χ4n) is 5.12. The number of nitrogens with zero attached hydrogens (tertiary/aromatic N) is 3. The molecule has 0 aliphatic rings. The van der Waals surface area contributed by atoms with Crippen molar-refractivity contribution in [3.8, 4) is 33.8 Å². The quantitative estimate of drug-likeness (QED) is 0.170. The Morgan fingerprint density at radius 1 is 0.605 bits per heavy atom. The first kappa shape index (κ1) is 30.0. The number of hydrogen-bond donors (Lipinski definition) is 0. The van der Waals surface area contributed by atoms with E-state index >= 15 is 0 Å². The van der Waals surface area contributed by atoms with Crippen LogP contribution in [-0.4, -0.2) is 15.0 Å². The number of furan rings is 1. The zero-order chi connectivity index (χ0) is 29.2. The molecule has 215 valence electrons. The SMILES string of the molecule is Cc1ccc(-c2[c-]ccc3c2oc2nc(-c4c(C)cccc4C)ccc23)nc1C.Cc1ccc(-c2[c-]cccc2)nc1.[Ir]. The molecule has 43 heavy (non-hydrogen) atoms. The van der Waals surface area contributed by atoms with Crippen molar-refractivity contribution in [1.82, 2.24) is 15.0 Å². The van der Waals surface area contributed by atoms with Crippen molar-refractivity contribution in [2.75, 3.05) is 0 Å². The molecule has 0 bridgehead atoms. The molecule has 0 atom stereocenters. The van der Waals surface area contributed by atoms with Gasteiger partial charge < -0.3 is 14.4 Å². The minimum Gasteiger partial charge on any atom is -0.486 e. The predicted octanol–water partition coefficient (Wildman–Crippen LogP) is 9.60. The van der Waals surface area contributed by atoms with Crippen molar-refractivity contribution in [2.24, 2.45) is 0 Å². The largest absolute Gasteiger partial charge is 0.486 e. The van der Waals surface area contributed by atoms with Gasteiger partial charge in [0.05, 0.1) is 11.3 Å². The Morgan fingerprint density at radius 3 is 2.07 bits per heavy atom. The Balaban J connectivity index is 0.000000221. The van der Waals surface area contributed by atoms with Crippen molar-refractivity contribution in [3.05, 3.63) is 137 Å². The van der Waals surface area contributed by atoms with E-state index in [0.717, 1.165) is 55.8 Å². The van der Waals surface area contributed by atoms with Crippen molar-refractivity contribution < 1.29 is 24.5 Å². The fraction of sp³-hybridized carbons (Fsp3) is 0.132. The topological polar surface area (TPSA) is 51.8 Å². The van der Waals surface area contributed by atoms with Gasteiger partial charge in [-0.2, -0.15) is 0 Å². The maximum Gasteiger partial charge on any atom is 0.216 e. The van der Waals surface area contributed by atoms with Gasteiger partial charge in [-0.25, -0.2) is 4.98 Å². The third kappa shape index (κ3) is 6.19. The molecule has 0 amide bonds. The van der Waals surface area contributed by atoms with Crippen LogP contribution in [0.5, 0.6) is 0 Å². The number of hydrogen-bond acceptors (Lipinski definition) is 4. The Morgan fingerprint density at radius 2 is 1.37 bits per heavy atom. The van der Waals surface area contributed by atoms with E-state index in [1.165, 1.54) is 22.3 Å². The summed E-state index contributed by atoms with van der Waals surface area (Å²) < 4.78 is 6.27. The number of pyridine rings is 3. The van der Waals surface area contributed by atoms with Crippen LogP contribution in [-0.2, 0) is 20.1 Å². The number of rotatable bonds is 3. The average molecular weight is 738 g/mol. The number of benzene rings is 3. The third-order valence-corrected chi connectivity index (χ3v) is 7.54. The van der Waals surface area contributed by atoms with Crippen molar-refractivity contribution in [3.63, 3.8) is 0 Å². The van der Waals surface area contributed by atoms with E-state index in [1.807, 2.05) is 68.6 Å². The summed E-state index contributed by atoms with van der Waals surface area (Å²) in [4.78, 5) is 13.9. The Kier molecular flexibility index (Phi) is 8.96. The van der Waals surface area contributed by atoms with Crippen LogP contribution in [0.25, 0.3) is 55.8 Å². The van der Waals surface area contributed by atoms with Crippen LogP contribution >= 0.6 is 0 Å². The molecule has 4 nitrogen and oxygen atoms in total. The summed E-state index contributed by atoms with van der Waals surface area (Å²) in [5.74, 6) is 0. The molecule has 0 aliphatic heterocycles. The van der Waals surface area contributed by atoms with Crippen LogP contribution in [0.2, 0.25) is 0 Å². The van der Waals surface area contributed by atoms with Gasteiger partial charge in [-0.05, 0) is 80.4 Å². The Labute approximate surface area is 266 Å². The number of aromatic nitrogens is 3. The second-order valence-electron chi connectivity index (χ2n) is 10.6. The van der Waals surface area contributed by atoms with Gasteiger partial charge in [-0.15, -0.1) is 54.1 Å². The summed E-state index contributed by atoms with van der Waals surface area (Å²) in [6.07, 6.45) is 1.87. The van der Waals surface area contributed by atoms with Gasteiger partial charge in [-0.1, -0.05) is 53.4 Å². The Bertz CT molecular complexity index is 2010. The van der Waals surface area contributed by atoms with Gasteiger partial charge in [0.1, 0.15) is 0 Å². The summed E-state index contributed by atoms with van der Waals surface area (Å²) in [5, 5.41) is 2.04. The molecule has 0 saturated heterocycles. The first-order valence-corrected chi connectivity index (χ1v) is 14.0. The van der Waals surface area contributed by atoms with Crippen LogP contribution < -0.4 is 0 Å². The maximum atomic E-state index is 6.27. The summed E-state index contributed by atoms with van der Waals surface area (Å²) in [7, 11) is 0. The Hall–Kier alpha value is -4.44. The molecular formula is C38H31IrN3O-2. The van der Waals surface area contributed by atoms with Gasteiger partial charge in [-0.3, -0.25) is 0 Å². The van der Waals surface area contributed by atoms with Crippen LogP contribution in [0.3, 0.4) is 0 Å². The number of fused-ring (bicyclic) bond motifs is 3. The molecule has 5 heteroatoms. The molecular weight excluding hydrogens is 707 g/mol. The van der Waals surface area contributed by atoms with Crippen LogP contribution in [0, 0.1) is 46.8 Å². The molecule has 4 heterocycles. The molecule has 0 saturated carbocycles. The summed E-state index contributed by atoms with van der Waals surface area (Å²) in [5.41, 5.74) is 13.1. The van der Waals surface area contributed by atoms with Crippen LogP contribution in [0.15, 0.2) is 102 Å². The number of aryl methyl sites for hydroxylation is 5. The molecule has 0 fully saturated rings. The molecule has 7 rings (SSSR count). The first-order valence-electron chi connectivity index (χ1n) is 14.0. The van der Waals surface area contributed by atoms with Crippen LogP contribution in [0.4, 0.5) is 0 Å².